The van der Waals surface area contributed by atoms with Crippen LogP contribution in [0.5, 0.6) is 0 Å². The molecule has 0 unspecified atom stereocenters. The molecule has 0 saturated carbocycles. The first-order chi connectivity index (χ1) is 9.88. The first kappa shape index (κ1) is 15.4. The van der Waals surface area contributed by atoms with E-state index in [0.29, 0.717) is 5.02 Å². The molecule has 2 amide bonds. The number of hydrogen-bond acceptors (Lipinski definition) is 1. The number of amides is 2. The summed E-state index contributed by atoms with van der Waals surface area (Å²) in [7, 11) is 0. The summed E-state index contributed by atoms with van der Waals surface area (Å²) in [6, 6.07) is 14.9. The SMILES string of the molecule is Cc1ccccc1NC(=O)NC(C)(C)c1ccc(Cl)cc1. The maximum absolute atomic E-state index is 12.2. The Labute approximate surface area is 130 Å². The molecule has 2 aromatic carbocycles. The Hall–Kier alpha value is -2.00. The molecule has 4 heteroatoms. The van der Waals surface area contributed by atoms with Crippen LogP contribution in [0.25, 0.3) is 0 Å². The first-order valence-electron chi connectivity index (χ1n) is 6.79. The molecule has 0 spiro atoms. The van der Waals surface area contributed by atoms with E-state index < -0.39 is 5.54 Å². The van der Waals surface area contributed by atoms with Crippen LogP contribution < -0.4 is 10.6 Å². The van der Waals surface area contributed by atoms with E-state index in [1.807, 2.05) is 69.3 Å². The van der Waals surface area contributed by atoms with E-state index in [1.165, 1.54) is 0 Å². The lowest BCUT2D eigenvalue weighted by atomic mass is 9.94. The first-order valence-corrected chi connectivity index (χ1v) is 7.17. The number of carbonyl (C=O) groups excluding carboxylic acids is 1. The van der Waals surface area contributed by atoms with Gasteiger partial charge in [-0.3, -0.25) is 0 Å². The van der Waals surface area contributed by atoms with E-state index in [2.05, 4.69) is 10.6 Å². The number of para-hydroxylation sites is 1. The highest BCUT2D eigenvalue weighted by Gasteiger charge is 2.22. The molecule has 0 aliphatic heterocycles. The second kappa shape index (κ2) is 6.19. The molecular weight excluding hydrogens is 284 g/mol. The Morgan fingerprint density at radius 2 is 1.67 bits per heavy atom. The van der Waals surface area contributed by atoms with Crippen molar-refractivity contribution in [1.82, 2.24) is 5.32 Å². The van der Waals surface area contributed by atoms with Gasteiger partial charge < -0.3 is 10.6 Å². The van der Waals surface area contributed by atoms with Crippen molar-refractivity contribution in [3.63, 3.8) is 0 Å². The third kappa shape index (κ3) is 3.99. The summed E-state index contributed by atoms with van der Waals surface area (Å²) in [4.78, 5) is 12.2. The lowest BCUT2D eigenvalue weighted by Gasteiger charge is -2.27. The van der Waals surface area contributed by atoms with Crippen LogP contribution in [0.4, 0.5) is 10.5 Å². The highest BCUT2D eigenvalue weighted by Crippen LogP contribution is 2.22. The van der Waals surface area contributed by atoms with Gasteiger partial charge in [0.05, 0.1) is 5.54 Å². The van der Waals surface area contributed by atoms with Crippen molar-refractivity contribution < 1.29 is 4.79 Å². The van der Waals surface area contributed by atoms with Crippen molar-refractivity contribution in [1.29, 1.82) is 0 Å². The van der Waals surface area contributed by atoms with Crippen LogP contribution in [0.1, 0.15) is 25.0 Å². The predicted octanol–water partition coefficient (Wildman–Crippen LogP) is 4.71. The minimum Gasteiger partial charge on any atom is -0.329 e. The maximum atomic E-state index is 12.2. The summed E-state index contributed by atoms with van der Waals surface area (Å²) in [6.07, 6.45) is 0. The van der Waals surface area contributed by atoms with Gasteiger partial charge in [-0.15, -0.1) is 0 Å². The van der Waals surface area contributed by atoms with E-state index >= 15 is 0 Å². The van der Waals surface area contributed by atoms with Crippen LogP contribution in [0.3, 0.4) is 0 Å². The second-order valence-electron chi connectivity index (χ2n) is 5.53. The molecule has 0 aliphatic carbocycles. The molecule has 110 valence electrons. The summed E-state index contributed by atoms with van der Waals surface area (Å²) >= 11 is 5.89. The van der Waals surface area contributed by atoms with Crippen molar-refractivity contribution in [3.05, 3.63) is 64.7 Å². The topological polar surface area (TPSA) is 41.1 Å². The third-order valence-electron chi connectivity index (χ3n) is 3.39. The molecule has 2 N–H and O–H groups in total. The average Bonchev–Trinajstić information content (AvgIpc) is 2.41. The number of urea groups is 1. The standard InChI is InChI=1S/C17H19ClN2O/c1-12-6-4-5-7-15(12)19-16(21)20-17(2,3)13-8-10-14(18)11-9-13/h4-11H,1-3H3,(H2,19,20,21). The molecular formula is C17H19ClN2O. The second-order valence-corrected chi connectivity index (χ2v) is 5.96. The summed E-state index contributed by atoms with van der Waals surface area (Å²) < 4.78 is 0. The van der Waals surface area contributed by atoms with Crippen LogP contribution in [0.15, 0.2) is 48.5 Å². The number of halogens is 1. The summed E-state index contributed by atoms with van der Waals surface area (Å²) in [5, 5.41) is 6.53. The highest BCUT2D eigenvalue weighted by molar-refractivity contribution is 6.30. The normalized spacial score (nSPS) is 11.0. The Balaban J connectivity index is 2.08. The van der Waals surface area contributed by atoms with Crippen molar-refractivity contribution in [2.24, 2.45) is 0 Å². The number of benzene rings is 2. The van der Waals surface area contributed by atoms with Gasteiger partial charge in [-0.05, 0) is 50.1 Å². The van der Waals surface area contributed by atoms with Crippen LogP contribution in [-0.4, -0.2) is 6.03 Å². The molecule has 2 rings (SSSR count). The van der Waals surface area contributed by atoms with Crippen molar-refractivity contribution in [2.45, 2.75) is 26.3 Å². The molecule has 0 saturated heterocycles. The average molecular weight is 303 g/mol. The Bertz CT molecular complexity index is 635. The lowest BCUT2D eigenvalue weighted by molar-refractivity contribution is 0.242. The van der Waals surface area contributed by atoms with Crippen molar-refractivity contribution in [3.8, 4) is 0 Å². The number of carbonyl (C=O) groups is 1. The van der Waals surface area contributed by atoms with Gasteiger partial charge in [-0.2, -0.15) is 0 Å². The predicted molar refractivity (Wildman–Crippen MR) is 87.8 cm³/mol. The van der Waals surface area contributed by atoms with Crippen molar-refractivity contribution in [2.75, 3.05) is 5.32 Å². The van der Waals surface area contributed by atoms with Crippen LogP contribution in [-0.2, 0) is 5.54 Å². The zero-order chi connectivity index (χ0) is 15.5. The fraction of sp³-hybridized carbons (Fsp3) is 0.235. The van der Waals surface area contributed by atoms with Crippen LogP contribution in [0, 0.1) is 6.92 Å². The Morgan fingerprint density at radius 3 is 2.29 bits per heavy atom. The molecule has 0 fully saturated rings. The maximum Gasteiger partial charge on any atom is 0.319 e. The van der Waals surface area contributed by atoms with Gasteiger partial charge in [-0.25, -0.2) is 4.79 Å². The smallest absolute Gasteiger partial charge is 0.319 e. The van der Waals surface area contributed by atoms with E-state index in [1.54, 1.807) is 0 Å². The fourth-order valence-electron chi connectivity index (χ4n) is 2.09. The van der Waals surface area contributed by atoms with Gasteiger partial charge in [0.25, 0.3) is 0 Å². The monoisotopic (exact) mass is 302 g/mol. The number of anilines is 1. The Kier molecular flexibility index (Phi) is 4.53. The summed E-state index contributed by atoms with van der Waals surface area (Å²) in [6.45, 7) is 5.86. The van der Waals surface area contributed by atoms with Gasteiger partial charge in [0, 0.05) is 10.7 Å². The number of hydrogen-bond donors (Lipinski definition) is 2. The van der Waals surface area contributed by atoms with E-state index in [-0.39, 0.29) is 6.03 Å². The molecule has 3 nitrogen and oxygen atoms in total. The molecule has 0 radical (unpaired) electrons. The molecule has 0 heterocycles. The molecule has 0 aliphatic rings. The zero-order valence-electron chi connectivity index (χ0n) is 12.4. The zero-order valence-corrected chi connectivity index (χ0v) is 13.2. The number of rotatable bonds is 3. The largest absolute Gasteiger partial charge is 0.329 e. The molecule has 0 atom stereocenters. The molecule has 0 aromatic heterocycles. The molecule has 21 heavy (non-hydrogen) atoms. The van der Waals surface area contributed by atoms with Crippen LogP contribution >= 0.6 is 11.6 Å². The quantitative estimate of drug-likeness (QED) is 0.847. The van der Waals surface area contributed by atoms with Gasteiger partial charge in [0.15, 0.2) is 0 Å². The van der Waals surface area contributed by atoms with Gasteiger partial charge in [0.1, 0.15) is 0 Å². The highest BCUT2D eigenvalue weighted by atomic mass is 35.5. The Morgan fingerprint density at radius 1 is 1.05 bits per heavy atom. The van der Waals surface area contributed by atoms with Gasteiger partial charge in [0.2, 0.25) is 0 Å². The van der Waals surface area contributed by atoms with Crippen molar-refractivity contribution >= 4 is 23.3 Å². The van der Waals surface area contributed by atoms with E-state index in [0.717, 1.165) is 16.8 Å². The minimum atomic E-state index is -0.489. The lowest BCUT2D eigenvalue weighted by Crippen LogP contribution is -2.43. The van der Waals surface area contributed by atoms with Gasteiger partial charge in [-0.1, -0.05) is 41.9 Å². The number of nitrogens with one attached hydrogen (secondary N) is 2. The fourth-order valence-corrected chi connectivity index (χ4v) is 2.22. The van der Waals surface area contributed by atoms with Gasteiger partial charge >= 0.3 is 6.03 Å². The van der Waals surface area contributed by atoms with E-state index in [9.17, 15) is 4.79 Å². The number of aryl methyl sites for hydroxylation is 1. The minimum absolute atomic E-state index is 0.232. The van der Waals surface area contributed by atoms with E-state index in [4.69, 9.17) is 11.6 Å². The molecule has 2 aromatic rings. The molecule has 0 bridgehead atoms. The summed E-state index contributed by atoms with van der Waals surface area (Å²) in [5.74, 6) is 0. The third-order valence-corrected chi connectivity index (χ3v) is 3.64. The van der Waals surface area contributed by atoms with Crippen LogP contribution in [0.2, 0.25) is 5.02 Å². The summed E-state index contributed by atoms with van der Waals surface area (Å²) in [5.41, 5.74) is 2.34.